The molecule has 1 fully saturated rings. The number of carbonyl (C=O) groups is 2. The average Bonchev–Trinajstić information content (AvgIpc) is 3.33. The van der Waals surface area contributed by atoms with E-state index < -0.39 is 23.6 Å². The van der Waals surface area contributed by atoms with E-state index in [9.17, 15) is 22.8 Å². The molecule has 7 nitrogen and oxygen atoms in total. The lowest BCUT2D eigenvalue weighted by Gasteiger charge is -2.12. The quantitative estimate of drug-likeness (QED) is 0.517. The van der Waals surface area contributed by atoms with E-state index in [1.807, 2.05) is 0 Å². The van der Waals surface area contributed by atoms with Crippen molar-refractivity contribution in [3.63, 3.8) is 0 Å². The lowest BCUT2D eigenvalue weighted by molar-refractivity contribution is -0.142. The Morgan fingerprint density at radius 2 is 2.09 bits per heavy atom. The number of halogens is 3. The van der Waals surface area contributed by atoms with Crippen molar-refractivity contribution in [1.29, 1.82) is 0 Å². The SMILES string of the molecule is CCOC(=O)Cc1csc(NC(=O)c2cnn(-c3cccc(C(F)(F)F)c3)c2C2CC2)n1. The number of nitrogens with zero attached hydrogens (tertiary/aromatic N) is 3. The number of benzene rings is 1. The molecule has 0 unspecified atom stereocenters. The summed E-state index contributed by atoms with van der Waals surface area (Å²) in [6.45, 7) is 1.98. The van der Waals surface area contributed by atoms with Gasteiger partial charge in [0, 0.05) is 11.3 Å². The van der Waals surface area contributed by atoms with Crippen LogP contribution in [0.1, 0.15) is 53.0 Å². The van der Waals surface area contributed by atoms with E-state index in [0.717, 1.165) is 25.0 Å². The van der Waals surface area contributed by atoms with E-state index in [-0.39, 0.29) is 30.2 Å². The van der Waals surface area contributed by atoms with Crippen molar-refractivity contribution in [2.45, 2.75) is 38.3 Å². The van der Waals surface area contributed by atoms with Crippen LogP contribution in [0.2, 0.25) is 0 Å². The Bertz CT molecular complexity index is 1150. The first kappa shape index (κ1) is 22.0. The first-order chi connectivity index (χ1) is 15.3. The molecule has 4 rings (SSSR count). The number of carbonyl (C=O) groups excluding carboxylic acids is 2. The van der Waals surface area contributed by atoms with Crippen molar-refractivity contribution >= 4 is 28.3 Å². The van der Waals surface area contributed by atoms with Crippen molar-refractivity contribution in [2.75, 3.05) is 11.9 Å². The Labute approximate surface area is 185 Å². The minimum absolute atomic E-state index is 0.00100. The van der Waals surface area contributed by atoms with Crippen molar-refractivity contribution < 1.29 is 27.5 Å². The monoisotopic (exact) mass is 464 g/mol. The number of esters is 1. The first-order valence-electron chi connectivity index (χ1n) is 9.93. The van der Waals surface area contributed by atoms with Gasteiger partial charge in [0.1, 0.15) is 0 Å². The number of rotatable bonds is 7. The van der Waals surface area contributed by atoms with Crippen LogP contribution >= 0.6 is 11.3 Å². The summed E-state index contributed by atoms with van der Waals surface area (Å²) in [5.74, 6) is -0.820. The molecule has 0 atom stereocenters. The summed E-state index contributed by atoms with van der Waals surface area (Å²) in [6, 6.07) is 4.85. The second-order valence-corrected chi connectivity index (χ2v) is 8.12. The lowest BCUT2D eigenvalue weighted by Crippen LogP contribution is -2.15. The predicted molar refractivity (Wildman–Crippen MR) is 111 cm³/mol. The fourth-order valence-electron chi connectivity index (χ4n) is 3.27. The number of alkyl halides is 3. The zero-order valence-electron chi connectivity index (χ0n) is 17.0. The van der Waals surface area contributed by atoms with Gasteiger partial charge in [-0.15, -0.1) is 11.3 Å². The minimum atomic E-state index is -4.48. The highest BCUT2D eigenvalue weighted by atomic mass is 32.1. The highest BCUT2D eigenvalue weighted by molar-refractivity contribution is 7.14. The second-order valence-electron chi connectivity index (χ2n) is 7.26. The van der Waals surface area contributed by atoms with E-state index in [1.165, 1.54) is 34.3 Å². The Kier molecular flexibility index (Phi) is 6.00. The predicted octanol–water partition coefficient (Wildman–Crippen LogP) is 4.58. The van der Waals surface area contributed by atoms with Crippen molar-refractivity contribution in [1.82, 2.24) is 14.8 Å². The zero-order chi connectivity index (χ0) is 22.9. The molecular weight excluding hydrogens is 445 g/mol. The number of anilines is 1. The molecule has 1 aliphatic rings. The molecule has 0 radical (unpaired) electrons. The van der Waals surface area contributed by atoms with Gasteiger partial charge in [0.2, 0.25) is 0 Å². The highest BCUT2D eigenvalue weighted by Crippen LogP contribution is 2.43. The molecule has 2 heterocycles. The summed E-state index contributed by atoms with van der Waals surface area (Å²) in [4.78, 5) is 28.7. The Morgan fingerprint density at radius 3 is 2.78 bits per heavy atom. The van der Waals surface area contributed by atoms with Crippen molar-refractivity contribution in [3.05, 3.63) is 58.4 Å². The number of hydrogen-bond acceptors (Lipinski definition) is 6. The van der Waals surface area contributed by atoms with Gasteiger partial charge in [0.15, 0.2) is 5.13 Å². The Hall–Kier alpha value is -3.21. The highest BCUT2D eigenvalue weighted by Gasteiger charge is 2.34. The van der Waals surface area contributed by atoms with Gasteiger partial charge >= 0.3 is 12.1 Å². The molecule has 0 aliphatic heterocycles. The number of aromatic nitrogens is 3. The molecule has 1 amide bonds. The molecular formula is C21H19F3N4O3S. The largest absolute Gasteiger partial charge is 0.466 e. The van der Waals surface area contributed by atoms with Crippen LogP contribution in [0.5, 0.6) is 0 Å². The summed E-state index contributed by atoms with van der Waals surface area (Å²) in [5, 5.41) is 8.86. The number of hydrogen-bond donors (Lipinski definition) is 1. The van der Waals surface area contributed by atoms with Gasteiger partial charge in [0.05, 0.1) is 47.4 Å². The fraction of sp³-hybridized carbons (Fsp3) is 0.333. The summed E-state index contributed by atoms with van der Waals surface area (Å²) < 4.78 is 45.7. The molecule has 2 aromatic heterocycles. The smallest absolute Gasteiger partial charge is 0.416 e. The Morgan fingerprint density at radius 1 is 1.31 bits per heavy atom. The molecule has 32 heavy (non-hydrogen) atoms. The topological polar surface area (TPSA) is 86.1 Å². The van der Waals surface area contributed by atoms with E-state index in [1.54, 1.807) is 12.3 Å². The van der Waals surface area contributed by atoms with Gasteiger partial charge in [-0.1, -0.05) is 6.07 Å². The maximum atomic E-state index is 13.1. The van der Waals surface area contributed by atoms with Crippen LogP contribution in [0.25, 0.3) is 5.69 Å². The summed E-state index contributed by atoms with van der Waals surface area (Å²) >= 11 is 1.17. The second kappa shape index (κ2) is 8.73. The third kappa shape index (κ3) is 4.82. The normalized spacial score (nSPS) is 13.8. The van der Waals surface area contributed by atoms with Crippen molar-refractivity contribution in [3.8, 4) is 5.69 Å². The van der Waals surface area contributed by atoms with Crippen LogP contribution < -0.4 is 5.32 Å². The van der Waals surface area contributed by atoms with E-state index in [4.69, 9.17) is 4.74 Å². The van der Waals surface area contributed by atoms with Gasteiger partial charge in [-0.3, -0.25) is 14.9 Å². The van der Waals surface area contributed by atoms with Crippen molar-refractivity contribution in [2.24, 2.45) is 0 Å². The third-order valence-corrected chi connectivity index (χ3v) is 5.64. The van der Waals surface area contributed by atoms with Gasteiger partial charge in [-0.25, -0.2) is 9.67 Å². The Balaban J connectivity index is 1.57. The van der Waals surface area contributed by atoms with Gasteiger partial charge in [0.25, 0.3) is 5.91 Å². The molecule has 3 aromatic rings. The molecule has 1 aliphatic carbocycles. The van der Waals surface area contributed by atoms with Gasteiger partial charge in [-0.05, 0) is 38.0 Å². The molecule has 0 saturated heterocycles. The minimum Gasteiger partial charge on any atom is -0.466 e. The van der Waals surface area contributed by atoms with Crippen LogP contribution in [-0.2, 0) is 22.1 Å². The van der Waals surface area contributed by atoms with E-state index >= 15 is 0 Å². The maximum absolute atomic E-state index is 13.1. The summed E-state index contributed by atoms with van der Waals surface area (Å²) in [6.07, 6.45) is -1.47. The number of ether oxygens (including phenoxy) is 1. The van der Waals surface area contributed by atoms with Crippen LogP contribution in [0.15, 0.2) is 35.8 Å². The van der Waals surface area contributed by atoms with Crippen LogP contribution in [0, 0.1) is 0 Å². The maximum Gasteiger partial charge on any atom is 0.416 e. The third-order valence-electron chi connectivity index (χ3n) is 4.84. The standard InChI is InChI=1S/C21H19F3N4O3S/c1-2-31-17(29)9-14-11-32-20(26-14)27-19(30)16-10-25-28(18(16)12-6-7-12)15-5-3-4-13(8-15)21(22,23)24/h3-5,8,10-12H,2,6-7,9H2,1H3,(H,26,27,30). The molecule has 1 saturated carbocycles. The van der Waals surface area contributed by atoms with E-state index in [2.05, 4.69) is 15.4 Å². The zero-order valence-corrected chi connectivity index (χ0v) is 17.8. The molecule has 0 bridgehead atoms. The fourth-order valence-corrected chi connectivity index (χ4v) is 3.98. The van der Waals surface area contributed by atoms with Crippen LogP contribution in [-0.4, -0.2) is 33.2 Å². The van der Waals surface area contributed by atoms with Crippen LogP contribution in [0.4, 0.5) is 18.3 Å². The van der Waals surface area contributed by atoms with E-state index in [0.29, 0.717) is 16.5 Å². The average molecular weight is 464 g/mol. The molecule has 168 valence electrons. The molecule has 0 spiro atoms. The molecule has 1 N–H and O–H groups in total. The lowest BCUT2D eigenvalue weighted by atomic mass is 10.1. The van der Waals surface area contributed by atoms with Gasteiger partial charge in [-0.2, -0.15) is 18.3 Å². The summed E-state index contributed by atoms with van der Waals surface area (Å²) in [5.41, 5.74) is 0.796. The first-order valence-corrected chi connectivity index (χ1v) is 10.8. The number of nitrogens with one attached hydrogen (secondary N) is 1. The molecule has 1 aromatic carbocycles. The molecule has 11 heteroatoms. The number of thiazole rings is 1. The number of amides is 1. The van der Waals surface area contributed by atoms with Crippen LogP contribution in [0.3, 0.4) is 0 Å². The summed E-state index contributed by atoms with van der Waals surface area (Å²) in [7, 11) is 0. The van der Waals surface area contributed by atoms with Gasteiger partial charge < -0.3 is 4.74 Å².